The molecule has 0 fully saturated rings. The third kappa shape index (κ3) is 5.14. The van der Waals surface area contributed by atoms with Crippen LogP contribution in [0, 0.1) is 5.92 Å². The number of aromatic amines is 1. The van der Waals surface area contributed by atoms with Crippen molar-refractivity contribution < 1.29 is 14.3 Å². The van der Waals surface area contributed by atoms with Gasteiger partial charge in [0, 0.05) is 12.8 Å². The second-order valence-electron chi connectivity index (χ2n) is 6.30. The lowest BCUT2D eigenvalue weighted by Gasteiger charge is -2.18. The maximum Gasteiger partial charge on any atom is 0.328 e. The molecule has 1 amide bonds. The Labute approximate surface area is 145 Å². The third-order valence-electron chi connectivity index (χ3n) is 3.79. The predicted molar refractivity (Wildman–Crippen MR) is 94.1 cm³/mol. The van der Waals surface area contributed by atoms with Crippen molar-refractivity contribution in [2.75, 3.05) is 7.11 Å². The van der Waals surface area contributed by atoms with E-state index in [-0.39, 0.29) is 30.2 Å². The van der Waals surface area contributed by atoms with Gasteiger partial charge in [-0.05, 0) is 24.5 Å². The average molecular weight is 345 g/mol. The molecule has 25 heavy (non-hydrogen) atoms. The van der Waals surface area contributed by atoms with Crippen LogP contribution in [-0.4, -0.2) is 35.0 Å². The first kappa shape index (κ1) is 18.6. The first-order chi connectivity index (χ1) is 11.9. The second-order valence-corrected chi connectivity index (χ2v) is 6.30. The van der Waals surface area contributed by atoms with Crippen molar-refractivity contribution in [3.8, 4) is 0 Å². The molecule has 7 heteroatoms. The molecule has 1 aromatic carbocycles. The number of rotatable bonds is 7. The third-order valence-corrected chi connectivity index (χ3v) is 3.79. The van der Waals surface area contributed by atoms with Crippen molar-refractivity contribution in [2.24, 2.45) is 5.92 Å². The van der Waals surface area contributed by atoms with E-state index in [4.69, 9.17) is 4.74 Å². The summed E-state index contributed by atoms with van der Waals surface area (Å²) in [5, 5.41) is 2.67. The van der Waals surface area contributed by atoms with Crippen LogP contribution in [-0.2, 0) is 20.7 Å². The minimum atomic E-state index is -0.680. The van der Waals surface area contributed by atoms with Gasteiger partial charge >= 0.3 is 5.97 Å². The van der Waals surface area contributed by atoms with Crippen molar-refractivity contribution in [3.05, 3.63) is 40.3 Å². The zero-order valence-corrected chi connectivity index (χ0v) is 14.7. The van der Waals surface area contributed by atoms with Crippen LogP contribution in [0.1, 0.15) is 32.4 Å². The van der Waals surface area contributed by atoms with Crippen LogP contribution in [0.3, 0.4) is 0 Å². The molecule has 2 rings (SSSR count). The standard InChI is InChI=1S/C18H23N3O4/c1-11(2)10-15(18(24)25-3)20-16(22)9-8-14-17(23)21-13-7-5-4-6-12(13)19-14/h4-7,11,15H,8-10H2,1-3H3,(H,20,22)(H,21,23)/t15-/m0/s1. The number of nitrogens with one attached hydrogen (secondary N) is 2. The molecule has 0 radical (unpaired) electrons. The number of hydrogen-bond donors (Lipinski definition) is 2. The lowest BCUT2D eigenvalue weighted by atomic mass is 10.0. The number of esters is 1. The molecular formula is C18H23N3O4. The Bertz CT molecular complexity index is 813. The normalized spacial score (nSPS) is 12.2. The fourth-order valence-electron chi connectivity index (χ4n) is 2.56. The molecule has 0 aliphatic heterocycles. The van der Waals surface area contributed by atoms with Crippen LogP contribution >= 0.6 is 0 Å². The van der Waals surface area contributed by atoms with Crippen LogP contribution in [0.25, 0.3) is 11.0 Å². The number of fused-ring (bicyclic) bond motifs is 1. The van der Waals surface area contributed by atoms with Gasteiger partial charge in [-0.1, -0.05) is 26.0 Å². The SMILES string of the molecule is COC(=O)[C@H](CC(C)C)NC(=O)CCc1nc2ccccc2[nH]c1=O. The Morgan fingerprint density at radius 2 is 2.00 bits per heavy atom. The topological polar surface area (TPSA) is 101 Å². The number of carbonyl (C=O) groups excluding carboxylic acids is 2. The number of carbonyl (C=O) groups is 2. The van der Waals surface area contributed by atoms with E-state index in [0.29, 0.717) is 23.1 Å². The summed E-state index contributed by atoms with van der Waals surface area (Å²) in [5.74, 6) is -0.552. The lowest BCUT2D eigenvalue weighted by molar-refractivity contribution is -0.145. The molecule has 2 aromatic rings. The Morgan fingerprint density at radius 3 is 2.68 bits per heavy atom. The number of amides is 1. The van der Waals surface area contributed by atoms with E-state index >= 15 is 0 Å². The average Bonchev–Trinajstić information content (AvgIpc) is 2.58. The van der Waals surface area contributed by atoms with E-state index in [9.17, 15) is 14.4 Å². The van der Waals surface area contributed by atoms with Crippen molar-refractivity contribution in [2.45, 2.75) is 39.2 Å². The molecular weight excluding hydrogens is 322 g/mol. The van der Waals surface area contributed by atoms with E-state index < -0.39 is 12.0 Å². The number of H-pyrrole nitrogens is 1. The highest BCUT2D eigenvalue weighted by Gasteiger charge is 2.22. The molecule has 0 aliphatic rings. The van der Waals surface area contributed by atoms with Gasteiger partial charge in [0.15, 0.2) is 0 Å². The van der Waals surface area contributed by atoms with Gasteiger partial charge in [0.2, 0.25) is 5.91 Å². The van der Waals surface area contributed by atoms with Crippen LogP contribution in [0.15, 0.2) is 29.1 Å². The smallest absolute Gasteiger partial charge is 0.328 e. The highest BCUT2D eigenvalue weighted by molar-refractivity contribution is 5.84. The summed E-state index contributed by atoms with van der Waals surface area (Å²) in [6, 6.07) is 6.53. The molecule has 0 saturated carbocycles. The van der Waals surface area contributed by atoms with E-state index in [2.05, 4.69) is 15.3 Å². The molecule has 134 valence electrons. The number of benzene rings is 1. The second kappa shape index (κ2) is 8.41. The van der Waals surface area contributed by atoms with Crippen molar-refractivity contribution in [1.82, 2.24) is 15.3 Å². The first-order valence-corrected chi connectivity index (χ1v) is 8.25. The molecule has 7 nitrogen and oxygen atoms in total. The predicted octanol–water partition coefficient (Wildman–Crippen LogP) is 1.56. The fourth-order valence-corrected chi connectivity index (χ4v) is 2.56. The Morgan fingerprint density at radius 1 is 1.28 bits per heavy atom. The van der Waals surface area contributed by atoms with Crippen LogP contribution in [0.5, 0.6) is 0 Å². The van der Waals surface area contributed by atoms with Gasteiger partial charge in [0.05, 0.1) is 18.1 Å². The lowest BCUT2D eigenvalue weighted by Crippen LogP contribution is -2.42. The highest BCUT2D eigenvalue weighted by Crippen LogP contribution is 2.08. The molecule has 0 unspecified atom stereocenters. The van der Waals surface area contributed by atoms with Crippen molar-refractivity contribution in [1.29, 1.82) is 0 Å². The van der Waals surface area contributed by atoms with Gasteiger partial charge in [-0.15, -0.1) is 0 Å². The molecule has 0 bridgehead atoms. The van der Waals surface area contributed by atoms with Crippen molar-refractivity contribution in [3.63, 3.8) is 0 Å². The first-order valence-electron chi connectivity index (χ1n) is 8.25. The highest BCUT2D eigenvalue weighted by atomic mass is 16.5. The number of para-hydroxylation sites is 2. The molecule has 1 aromatic heterocycles. The van der Waals surface area contributed by atoms with E-state index in [1.165, 1.54) is 7.11 Å². The summed E-state index contributed by atoms with van der Waals surface area (Å²) in [5.41, 5.74) is 1.32. The molecule has 0 aliphatic carbocycles. The monoisotopic (exact) mass is 345 g/mol. The van der Waals surface area contributed by atoms with Gasteiger partial charge in [0.25, 0.3) is 5.56 Å². The molecule has 1 atom stereocenters. The summed E-state index contributed by atoms with van der Waals surface area (Å²) in [7, 11) is 1.29. The number of aryl methyl sites for hydroxylation is 1. The van der Waals surface area contributed by atoms with Gasteiger partial charge in [0.1, 0.15) is 11.7 Å². The minimum absolute atomic E-state index is 0.0695. The molecule has 2 N–H and O–H groups in total. The number of ether oxygens (including phenoxy) is 1. The molecule has 1 heterocycles. The Kier molecular flexibility index (Phi) is 6.27. The van der Waals surface area contributed by atoms with Gasteiger partial charge in [-0.25, -0.2) is 9.78 Å². The summed E-state index contributed by atoms with van der Waals surface area (Å²) in [6.07, 6.45) is 0.759. The molecule has 0 spiro atoms. The van der Waals surface area contributed by atoms with Gasteiger partial charge < -0.3 is 15.0 Å². The van der Waals surface area contributed by atoms with Crippen LogP contribution < -0.4 is 10.9 Å². The number of methoxy groups -OCH3 is 1. The summed E-state index contributed by atoms with van der Waals surface area (Å²) < 4.78 is 4.72. The zero-order chi connectivity index (χ0) is 18.4. The van der Waals surface area contributed by atoms with Gasteiger partial charge in [-0.3, -0.25) is 9.59 Å². The number of hydrogen-bond acceptors (Lipinski definition) is 5. The maximum absolute atomic E-state index is 12.1. The maximum atomic E-state index is 12.1. The van der Waals surface area contributed by atoms with Crippen LogP contribution in [0.4, 0.5) is 0 Å². The summed E-state index contributed by atoms with van der Waals surface area (Å²) >= 11 is 0. The summed E-state index contributed by atoms with van der Waals surface area (Å²) in [4.78, 5) is 43.0. The zero-order valence-electron chi connectivity index (χ0n) is 14.7. The summed E-state index contributed by atoms with van der Waals surface area (Å²) in [6.45, 7) is 3.92. The minimum Gasteiger partial charge on any atom is -0.467 e. The van der Waals surface area contributed by atoms with E-state index in [0.717, 1.165) is 0 Å². The fraction of sp³-hybridized carbons (Fsp3) is 0.444. The van der Waals surface area contributed by atoms with Crippen LogP contribution in [0.2, 0.25) is 0 Å². The van der Waals surface area contributed by atoms with E-state index in [1.54, 1.807) is 12.1 Å². The Hall–Kier alpha value is -2.70. The number of aromatic nitrogens is 2. The molecule has 0 saturated heterocycles. The number of nitrogens with zero attached hydrogens (tertiary/aromatic N) is 1. The van der Waals surface area contributed by atoms with Gasteiger partial charge in [-0.2, -0.15) is 0 Å². The van der Waals surface area contributed by atoms with Crippen molar-refractivity contribution >= 4 is 22.9 Å². The largest absolute Gasteiger partial charge is 0.467 e. The quantitative estimate of drug-likeness (QED) is 0.742. The van der Waals surface area contributed by atoms with E-state index in [1.807, 2.05) is 26.0 Å². The Balaban J connectivity index is 2.02.